The minimum absolute atomic E-state index is 0.109. The van der Waals surface area contributed by atoms with E-state index in [1.54, 1.807) is 4.90 Å². The number of piperidine rings is 1. The molecule has 18 heavy (non-hydrogen) atoms. The molecule has 1 fully saturated rings. The van der Waals surface area contributed by atoms with Crippen LogP contribution in [0.1, 0.15) is 20.3 Å². The van der Waals surface area contributed by atoms with Crippen molar-refractivity contribution in [3.05, 3.63) is 28.2 Å². The molecule has 0 bridgehead atoms. The number of carbonyl (C=O) groups excluding carboxylic acids is 1. The molecule has 2 rings (SSSR count). The van der Waals surface area contributed by atoms with E-state index in [-0.39, 0.29) is 27.9 Å². The van der Waals surface area contributed by atoms with Crippen LogP contribution in [0.25, 0.3) is 0 Å². The van der Waals surface area contributed by atoms with Crippen molar-refractivity contribution < 1.29 is 13.6 Å². The molecule has 0 amide bonds. The van der Waals surface area contributed by atoms with Crippen LogP contribution < -0.4 is 4.90 Å². The van der Waals surface area contributed by atoms with E-state index in [4.69, 9.17) is 0 Å². The monoisotopic (exact) mass is 317 g/mol. The number of ketones is 1. The van der Waals surface area contributed by atoms with Crippen LogP contribution in [0.3, 0.4) is 0 Å². The number of carbonyl (C=O) groups is 1. The number of halogens is 3. The number of anilines is 1. The quantitative estimate of drug-likeness (QED) is 0.738. The first kappa shape index (κ1) is 13.5. The molecule has 1 aromatic rings. The molecule has 1 aliphatic rings. The summed E-state index contributed by atoms with van der Waals surface area (Å²) in [6, 6.07) is 2.18. The van der Waals surface area contributed by atoms with Crippen LogP contribution in [0.4, 0.5) is 14.5 Å². The largest absolute Gasteiger partial charge is 0.365 e. The van der Waals surface area contributed by atoms with E-state index in [9.17, 15) is 13.6 Å². The lowest BCUT2D eigenvalue weighted by atomic mass is 9.90. The molecule has 2 nitrogen and oxygen atoms in total. The van der Waals surface area contributed by atoms with E-state index < -0.39 is 11.6 Å². The molecule has 1 saturated heterocycles. The lowest BCUT2D eigenvalue weighted by molar-refractivity contribution is -0.123. The summed E-state index contributed by atoms with van der Waals surface area (Å²) in [5.41, 5.74) is 0.225. The highest BCUT2D eigenvalue weighted by atomic mass is 79.9. The van der Waals surface area contributed by atoms with Gasteiger partial charge in [0, 0.05) is 31.0 Å². The van der Waals surface area contributed by atoms with Crippen LogP contribution in [-0.4, -0.2) is 18.4 Å². The van der Waals surface area contributed by atoms with E-state index in [0.29, 0.717) is 13.0 Å². The fourth-order valence-corrected chi connectivity index (χ4v) is 2.59. The average Bonchev–Trinajstić information content (AvgIpc) is 2.32. The normalized spacial score (nSPS) is 24.5. The van der Waals surface area contributed by atoms with Gasteiger partial charge < -0.3 is 4.90 Å². The van der Waals surface area contributed by atoms with Gasteiger partial charge in [0.2, 0.25) is 0 Å². The van der Waals surface area contributed by atoms with Gasteiger partial charge in [-0.15, -0.1) is 0 Å². The van der Waals surface area contributed by atoms with E-state index in [0.717, 1.165) is 6.07 Å². The van der Waals surface area contributed by atoms with Crippen molar-refractivity contribution in [2.75, 3.05) is 11.4 Å². The third-order valence-electron chi connectivity index (χ3n) is 3.62. The van der Waals surface area contributed by atoms with E-state index in [2.05, 4.69) is 15.9 Å². The topological polar surface area (TPSA) is 20.3 Å². The Hall–Kier alpha value is -0.970. The Kier molecular flexibility index (Phi) is 3.71. The van der Waals surface area contributed by atoms with Gasteiger partial charge in [-0.3, -0.25) is 4.79 Å². The molecule has 2 unspecified atom stereocenters. The van der Waals surface area contributed by atoms with Gasteiger partial charge in [-0.25, -0.2) is 8.78 Å². The molecule has 0 spiro atoms. The van der Waals surface area contributed by atoms with Crippen molar-refractivity contribution in [3.8, 4) is 0 Å². The molecule has 0 radical (unpaired) electrons. The maximum atomic E-state index is 13.9. The number of rotatable bonds is 1. The zero-order chi connectivity index (χ0) is 13.4. The maximum Gasteiger partial charge on any atom is 0.147 e. The molecule has 0 N–H and O–H groups in total. The highest BCUT2D eigenvalue weighted by Crippen LogP contribution is 2.31. The van der Waals surface area contributed by atoms with Crippen molar-refractivity contribution in [2.24, 2.45) is 5.92 Å². The zero-order valence-corrected chi connectivity index (χ0v) is 11.8. The fourth-order valence-electron chi connectivity index (χ4n) is 2.27. The van der Waals surface area contributed by atoms with Crippen LogP contribution in [0.5, 0.6) is 0 Å². The second kappa shape index (κ2) is 4.96. The van der Waals surface area contributed by atoms with Gasteiger partial charge >= 0.3 is 0 Å². The van der Waals surface area contributed by atoms with Crippen LogP contribution >= 0.6 is 15.9 Å². The summed E-state index contributed by atoms with van der Waals surface area (Å²) >= 11 is 2.95. The van der Waals surface area contributed by atoms with E-state index in [1.807, 2.05) is 13.8 Å². The zero-order valence-electron chi connectivity index (χ0n) is 10.2. The third kappa shape index (κ3) is 2.28. The predicted molar refractivity (Wildman–Crippen MR) is 69.7 cm³/mol. The lowest BCUT2D eigenvalue weighted by Gasteiger charge is -2.38. The fraction of sp³-hybridized carbons (Fsp3) is 0.462. The van der Waals surface area contributed by atoms with Gasteiger partial charge in [0.25, 0.3) is 0 Å². The van der Waals surface area contributed by atoms with Gasteiger partial charge in [0.1, 0.15) is 17.4 Å². The van der Waals surface area contributed by atoms with Crippen molar-refractivity contribution >= 4 is 27.4 Å². The first-order valence-corrected chi connectivity index (χ1v) is 6.65. The van der Waals surface area contributed by atoms with Crippen molar-refractivity contribution in [2.45, 2.75) is 26.3 Å². The summed E-state index contributed by atoms with van der Waals surface area (Å²) in [6.07, 6.45) is 0.378. The van der Waals surface area contributed by atoms with Crippen LogP contribution in [0.2, 0.25) is 0 Å². The SMILES string of the molecule is CC1C(=O)CCN(c2cc(F)c(Br)cc2F)C1C. The second-order valence-corrected chi connectivity index (χ2v) is 5.51. The van der Waals surface area contributed by atoms with Crippen molar-refractivity contribution in [3.63, 3.8) is 0 Å². The molecule has 1 aliphatic heterocycles. The Bertz CT molecular complexity index is 492. The molecular weight excluding hydrogens is 304 g/mol. The molecule has 0 aliphatic carbocycles. The molecule has 1 aromatic carbocycles. The van der Waals surface area contributed by atoms with Crippen molar-refractivity contribution in [1.29, 1.82) is 0 Å². The highest BCUT2D eigenvalue weighted by Gasteiger charge is 2.32. The molecule has 2 atom stereocenters. The van der Waals surface area contributed by atoms with Crippen LogP contribution in [-0.2, 0) is 4.79 Å². The number of Topliss-reactive ketones (excluding diaryl/α,β-unsaturated/α-hetero) is 1. The Balaban J connectivity index is 2.37. The smallest absolute Gasteiger partial charge is 0.147 e. The van der Waals surface area contributed by atoms with E-state index >= 15 is 0 Å². The number of hydrogen-bond donors (Lipinski definition) is 0. The Morgan fingerprint density at radius 2 is 1.94 bits per heavy atom. The van der Waals surface area contributed by atoms with Gasteiger partial charge in [-0.1, -0.05) is 6.92 Å². The van der Waals surface area contributed by atoms with Crippen molar-refractivity contribution in [1.82, 2.24) is 0 Å². The van der Waals surface area contributed by atoms with Gasteiger partial charge in [-0.2, -0.15) is 0 Å². The predicted octanol–water partition coefficient (Wildman–Crippen LogP) is 3.53. The lowest BCUT2D eigenvalue weighted by Crippen LogP contribution is -2.47. The number of hydrogen-bond acceptors (Lipinski definition) is 2. The number of benzene rings is 1. The molecule has 0 saturated carbocycles. The van der Waals surface area contributed by atoms with Crippen LogP contribution in [0, 0.1) is 17.6 Å². The van der Waals surface area contributed by atoms with Gasteiger partial charge in [0.15, 0.2) is 0 Å². The maximum absolute atomic E-state index is 13.9. The summed E-state index contributed by atoms with van der Waals surface area (Å²) in [5, 5.41) is 0. The Morgan fingerprint density at radius 1 is 1.28 bits per heavy atom. The molecule has 1 heterocycles. The third-order valence-corrected chi connectivity index (χ3v) is 4.23. The minimum Gasteiger partial charge on any atom is -0.365 e. The minimum atomic E-state index is -0.497. The summed E-state index contributed by atoms with van der Waals surface area (Å²) in [4.78, 5) is 13.3. The first-order chi connectivity index (χ1) is 8.41. The average molecular weight is 318 g/mol. The first-order valence-electron chi connectivity index (χ1n) is 5.85. The van der Waals surface area contributed by atoms with Crippen LogP contribution in [0.15, 0.2) is 16.6 Å². The summed E-state index contributed by atoms with van der Waals surface area (Å²) in [6.45, 7) is 4.12. The molecular formula is C13H14BrF2NO. The highest BCUT2D eigenvalue weighted by molar-refractivity contribution is 9.10. The van der Waals surface area contributed by atoms with E-state index in [1.165, 1.54) is 6.07 Å². The summed E-state index contributed by atoms with van der Waals surface area (Å²) in [7, 11) is 0. The summed E-state index contributed by atoms with van der Waals surface area (Å²) in [5.74, 6) is -0.957. The second-order valence-electron chi connectivity index (χ2n) is 4.66. The summed E-state index contributed by atoms with van der Waals surface area (Å²) < 4.78 is 27.5. The van der Waals surface area contributed by atoms with Gasteiger partial charge in [-0.05, 0) is 28.9 Å². The molecule has 5 heteroatoms. The standard InChI is InChI=1S/C13H14BrF2NO/c1-7-8(2)17(4-3-13(7)18)12-6-10(15)9(14)5-11(12)16/h5-8H,3-4H2,1-2H3. The van der Waals surface area contributed by atoms with Gasteiger partial charge in [0.05, 0.1) is 10.2 Å². The Morgan fingerprint density at radius 3 is 2.61 bits per heavy atom. The molecule has 98 valence electrons. The number of nitrogens with zero attached hydrogens (tertiary/aromatic N) is 1. The Labute approximate surface area is 113 Å². The molecule has 0 aromatic heterocycles.